The van der Waals surface area contributed by atoms with E-state index in [1.54, 1.807) is 18.3 Å². The lowest BCUT2D eigenvalue weighted by Crippen LogP contribution is -2.43. The number of rotatable bonds is 6. The summed E-state index contributed by atoms with van der Waals surface area (Å²) in [7, 11) is -3.09. The third-order valence-corrected chi connectivity index (χ3v) is 7.87. The van der Waals surface area contributed by atoms with Crippen LogP contribution in [0.4, 0.5) is 20.5 Å². The quantitative estimate of drug-likeness (QED) is 0.555. The zero-order valence-corrected chi connectivity index (χ0v) is 18.7. The second kappa shape index (κ2) is 8.17. The van der Waals surface area contributed by atoms with Gasteiger partial charge in [-0.1, -0.05) is 12.1 Å². The highest BCUT2D eigenvalue weighted by Crippen LogP contribution is 2.33. The highest BCUT2D eigenvalue weighted by Gasteiger charge is 2.37. The first kappa shape index (κ1) is 22.0. The highest BCUT2D eigenvalue weighted by atomic mass is 32.2. The first-order valence-corrected chi connectivity index (χ1v) is 12.7. The fourth-order valence-electron chi connectivity index (χ4n) is 4.33. The summed E-state index contributed by atoms with van der Waals surface area (Å²) >= 11 is 0. The van der Waals surface area contributed by atoms with E-state index in [4.69, 9.17) is 0 Å². The number of nitrogens with zero attached hydrogens (tertiary/aromatic N) is 5. The minimum atomic E-state index is -3.09. The molecule has 9 nitrogen and oxygen atoms in total. The van der Waals surface area contributed by atoms with Crippen LogP contribution in [0, 0.1) is 0 Å². The van der Waals surface area contributed by atoms with Crippen molar-refractivity contribution in [1.82, 2.24) is 19.7 Å². The van der Waals surface area contributed by atoms with Gasteiger partial charge in [-0.3, -0.25) is 0 Å². The van der Waals surface area contributed by atoms with Crippen molar-refractivity contribution < 1.29 is 22.3 Å². The number of alkyl halides is 2. The highest BCUT2D eigenvalue weighted by molar-refractivity contribution is 7.91. The van der Waals surface area contributed by atoms with Crippen LogP contribution in [0.2, 0.25) is 0 Å². The molecule has 12 heteroatoms. The molecule has 1 saturated carbocycles. The molecule has 2 aromatic heterocycles. The van der Waals surface area contributed by atoms with E-state index in [-0.39, 0.29) is 16.9 Å². The van der Waals surface area contributed by atoms with Crippen LogP contribution in [0.5, 0.6) is 0 Å². The minimum absolute atomic E-state index is 0.0854. The van der Waals surface area contributed by atoms with Crippen molar-refractivity contribution in [2.45, 2.75) is 43.1 Å². The third-order valence-electron chi connectivity index (χ3n) is 6.27. The maximum absolute atomic E-state index is 13.2. The van der Waals surface area contributed by atoms with Crippen LogP contribution >= 0.6 is 0 Å². The number of anilines is 2. The van der Waals surface area contributed by atoms with E-state index in [2.05, 4.69) is 20.4 Å². The SMILES string of the molecule is CS(=O)(=O)C1CC(Nc2nc(N3CC[C@@H](O)C3)c3cnn(-c4cccc(C(F)F)c4)c3n2)C1. The zero-order chi connectivity index (χ0) is 23.3. The summed E-state index contributed by atoms with van der Waals surface area (Å²) < 4.78 is 51.4. The van der Waals surface area contributed by atoms with Crippen molar-refractivity contribution in [3.63, 3.8) is 0 Å². The molecule has 176 valence electrons. The summed E-state index contributed by atoms with van der Waals surface area (Å²) in [6, 6.07) is 5.86. The monoisotopic (exact) mass is 478 g/mol. The summed E-state index contributed by atoms with van der Waals surface area (Å²) in [4.78, 5) is 11.2. The number of aliphatic hydroxyl groups is 1. The minimum Gasteiger partial charge on any atom is -0.391 e. The van der Waals surface area contributed by atoms with Gasteiger partial charge in [0.25, 0.3) is 6.43 Å². The van der Waals surface area contributed by atoms with E-state index in [1.807, 2.05) is 4.90 Å². The molecule has 1 aromatic carbocycles. The van der Waals surface area contributed by atoms with E-state index >= 15 is 0 Å². The third kappa shape index (κ3) is 4.24. The number of halogens is 2. The number of benzene rings is 1. The van der Waals surface area contributed by atoms with Crippen molar-refractivity contribution in [1.29, 1.82) is 0 Å². The van der Waals surface area contributed by atoms with E-state index in [9.17, 15) is 22.3 Å². The Morgan fingerprint density at radius 2 is 2.03 bits per heavy atom. The van der Waals surface area contributed by atoms with Crippen molar-refractivity contribution in [3.05, 3.63) is 36.0 Å². The van der Waals surface area contributed by atoms with Gasteiger partial charge in [0.15, 0.2) is 5.65 Å². The molecule has 1 saturated heterocycles. The predicted molar refractivity (Wildman–Crippen MR) is 120 cm³/mol. The Hall–Kier alpha value is -2.86. The summed E-state index contributed by atoms with van der Waals surface area (Å²) in [5.74, 6) is 0.900. The van der Waals surface area contributed by atoms with Gasteiger partial charge in [0.2, 0.25) is 5.95 Å². The molecule has 0 unspecified atom stereocenters. The summed E-state index contributed by atoms with van der Waals surface area (Å²) in [6.07, 6.45) is 1.29. The van der Waals surface area contributed by atoms with Crippen molar-refractivity contribution >= 4 is 32.6 Å². The Kier molecular flexibility index (Phi) is 5.44. The molecule has 0 bridgehead atoms. The number of fused-ring (bicyclic) bond motifs is 1. The van der Waals surface area contributed by atoms with Crippen molar-refractivity contribution in [2.75, 3.05) is 29.6 Å². The van der Waals surface area contributed by atoms with E-state index < -0.39 is 22.4 Å². The average Bonchev–Trinajstić information content (AvgIpc) is 3.35. The van der Waals surface area contributed by atoms with Crippen LogP contribution in [0.25, 0.3) is 16.7 Å². The molecule has 33 heavy (non-hydrogen) atoms. The maximum Gasteiger partial charge on any atom is 0.263 e. The molecule has 3 heterocycles. The predicted octanol–water partition coefficient (Wildman–Crippen LogP) is 2.31. The molecular formula is C21H24F2N6O3S. The van der Waals surface area contributed by atoms with E-state index in [0.29, 0.717) is 60.8 Å². The van der Waals surface area contributed by atoms with Gasteiger partial charge in [-0.25, -0.2) is 21.9 Å². The van der Waals surface area contributed by atoms with Gasteiger partial charge in [0, 0.05) is 31.0 Å². The molecule has 1 aliphatic heterocycles. The average molecular weight is 479 g/mol. The zero-order valence-electron chi connectivity index (χ0n) is 17.9. The van der Waals surface area contributed by atoms with Gasteiger partial charge < -0.3 is 15.3 Å². The smallest absolute Gasteiger partial charge is 0.263 e. The Labute approximate surface area is 189 Å². The van der Waals surface area contributed by atoms with Gasteiger partial charge in [-0.2, -0.15) is 15.1 Å². The molecule has 0 radical (unpaired) electrons. The number of hydrogen-bond acceptors (Lipinski definition) is 8. The molecule has 1 aliphatic carbocycles. The van der Waals surface area contributed by atoms with Crippen molar-refractivity contribution in [3.8, 4) is 5.69 Å². The van der Waals surface area contributed by atoms with Gasteiger partial charge in [0.1, 0.15) is 15.7 Å². The second-order valence-electron chi connectivity index (χ2n) is 8.71. The number of aliphatic hydroxyl groups excluding tert-OH is 1. The van der Waals surface area contributed by atoms with Crippen LogP contribution in [-0.4, -0.2) is 70.0 Å². The number of nitrogens with one attached hydrogen (secondary N) is 1. The Morgan fingerprint density at radius 1 is 1.24 bits per heavy atom. The summed E-state index contributed by atoms with van der Waals surface area (Å²) in [5.41, 5.74) is 0.766. The largest absolute Gasteiger partial charge is 0.391 e. The number of hydrogen-bond donors (Lipinski definition) is 2. The van der Waals surface area contributed by atoms with Gasteiger partial charge >= 0.3 is 0 Å². The van der Waals surface area contributed by atoms with Crippen molar-refractivity contribution in [2.24, 2.45) is 0 Å². The molecule has 5 rings (SSSR count). The van der Waals surface area contributed by atoms with Crippen LogP contribution < -0.4 is 10.2 Å². The topological polar surface area (TPSA) is 113 Å². The summed E-state index contributed by atoms with van der Waals surface area (Å²) in [6.45, 7) is 1.02. The second-order valence-corrected chi connectivity index (χ2v) is 11.0. The normalized spacial score (nSPS) is 23.3. The van der Waals surface area contributed by atoms with E-state index in [1.165, 1.54) is 23.1 Å². The molecule has 1 atom stereocenters. The lowest BCUT2D eigenvalue weighted by Gasteiger charge is -2.34. The summed E-state index contributed by atoms with van der Waals surface area (Å²) in [5, 5.41) is 17.9. The molecule has 2 fully saturated rings. The van der Waals surface area contributed by atoms with Crippen LogP contribution in [0.1, 0.15) is 31.3 Å². The van der Waals surface area contributed by atoms with Gasteiger partial charge in [-0.05, 0) is 31.4 Å². The first-order chi connectivity index (χ1) is 15.7. The Bertz CT molecular complexity index is 1290. The maximum atomic E-state index is 13.2. The van der Waals surface area contributed by atoms with Crippen LogP contribution in [-0.2, 0) is 9.84 Å². The standard InChI is InChI=1S/C21H24F2N6O3S/c1-33(31,32)16-8-13(9-16)25-21-26-19(28-6-5-15(30)11-28)17-10-24-29(20(17)27-21)14-4-2-3-12(7-14)18(22)23/h2-4,7,10,13,15-16,18,30H,5-6,8-9,11H2,1H3,(H,25,26,27)/t13?,15-,16?/m1/s1. The van der Waals surface area contributed by atoms with Gasteiger partial charge in [-0.15, -0.1) is 0 Å². The lowest BCUT2D eigenvalue weighted by molar-refractivity contribution is 0.151. The Morgan fingerprint density at radius 3 is 2.70 bits per heavy atom. The number of β-amino-alcohol motifs (C(OH)–C–C–N with tert-alkyl or cyclic N) is 1. The fraction of sp³-hybridized carbons (Fsp3) is 0.476. The van der Waals surface area contributed by atoms with Crippen LogP contribution in [0.15, 0.2) is 30.5 Å². The number of aromatic nitrogens is 4. The lowest BCUT2D eigenvalue weighted by atomic mass is 9.92. The molecular weight excluding hydrogens is 454 g/mol. The van der Waals surface area contributed by atoms with Crippen LogP contribution in [0.3, 0.4) is 0 Å². The molecule has 3 aromatic rings. The Balaban J connectivity index is 1.54. The van der Waals surface area contributed by atoms with E-state index in [0.717, 1.165) is 0 Å². The molecule has 2 N–H and O–H groups in total. The number of sulfone groups is 1. The fourth-order valence-corrected chi connectivity index (χ4v) is 5.49. The molecule has 2 aliphatic rings. The molecule has 0 amide bonds. The first-order valence-electron chi connectivity index (χ1n) is 10.7. The molecule has 0 spiro atoms. The van der Waals surface area contributed by atoms with Gasteiger partial charge in [0.05, 0.1) is 28.6 Å².